The van der Waals surface area contributed by atoms with Crippen LogP contribution < -0.4 is 5.32 Å². The molecule has 8 heteroatoms. The summed E-state index contributed by atoms with van der Waals surface area (Å²) in [6.45, 7) is 4.78. The number of ether oxygens (including phenoxy) is 1. The molecule has 2 aliphatic heterocycles. The second-order valence-electron chi connectivity index (χ2n) is 7.82. The van der Waals surface area contributed by atoms with Gasteiger partial charge in [0.25, 0.3) is 0 Å². The monoisotopic (exact) mass is 410 g/mol. The number of piperidine rings is 1. The van der Waals surface area contributed by atoms with Gasteiger partial charge in [-0.3, -0.25) is 4.90 Å². The van der Waals surface area contributed by atoms with E-state index in [1.165, 1.54) is 5.56 Å². The molecule has 4 heterocycles. The van der Waals surface area contributed by atoms with Gasteiger partial charge in [0.1, 0.15) is 11.4 Å². The van der Waals surface area contributed by atoms with Gasteiger partial charge in [-0.1, -0.05) is 35.5 Å². The van der Waals surface area contributed by atoms with E-state index in [2.05, 4.69) is 56.2 Å². The molecule has 0 saturated carbocycles. The number of hydrogen-bond donors (Lipinski definition) is 1. The minimum Gasteiger partial charge on any atom is -0.379 e. The van der Waals surface area contributed by atoms with Crippen molar-refractivity contribution in [1.29, 1.82) is 0 Å². The Morgan fingerprint density at radius 3 is 2.76 bits per heavy atom. The second kappa shape index (κ2) is 8.61. The molecule has 1 atom stereocenters. The Morgan fingerprint density at radius 2 is 1.97 bits per heavy atom. The molecule has 29 heavy (non-hydrogen) atoms. The van der Waals surface area contributed by atoms with Crippen LogP contribution in [0.15, 0.2) is 41.9 Å². The number of rotatable bonds is 6. The number of likely N-dealkylation sites (tertiary alicyclic amines) is 1. The van der Waals surface area contributed by atoms with Crippen LogP contribution in [0, 0.1) is 0 Å². The normalized spacial score (nSPS) is 20.9. The summed E-state index contributed by atoms with van der Waals surface area (Å²) in [5.74, 6) is 0. The Kier molecular flexibility index (Phi) is 5.56. The number of aromatic nitrogens is 4. The van der Waals surface area contributed by atoms with Crippen molar-refractivity contribution in [3.8, 4) is 11.4 Å². The summed E-state index contributed by atoms with van der Waals surface area (Å²) in [6, 6.07) is 11.5. The molecule has 3 aromatic rings. The van der Waals surface area contributed by atoms with Gasteiger partial charge in [0.15, 0.2) is 5.13 Å². The predicted molar refractivity (Wildman–Crippen MR) is 114 cm³/mol. The van der Waals surface area contributed by atoms with Gasteiger partial charge in [-0.15, -0.1) is 16.4 Å². The molecule has 2 aromatic heterocycles. The first-order valence-corrected chi connectivity index (χ1v) is 11.2. The van der Waals surface area contributed by atoms with Gasteiger partial charge < -0.3 is 10.1 Å². The second-order valence-corrected chi connectivity index (χ2v) is 8.68. The van der Waals surface area contributed by atoms with Crippen LogP contribution in [0.5, 0.6) is 0 Å². The van der Waals surface area contributed by atoms with Crippen LogP contribution in [0.3, 0.4) is 0 Å². The number of nitrogens with one attached hydrogen (secondary N) is 1. The molecule has 2 aliphatic rings. The molecule has 7 nitrogen and oxygen atoms in total. The van der Waals surface area contributed by atoms with Crippen molar-refractivity contribution < 1.29 is 4.74 Å². The number of benzene rings is 1. The van der Waals surface area contributed by atoms with Gasteiger partial charge in [0.05, 0.1) is 18.8 Å². The smallest absolute Gasteiger partial charge is 0.183 e. The van der Waals surface area contributed by atoms with Crippen LogP contribution in [-0.4, -0.2) is 57.2 Å². The Morgan fingerprint density at radius 1 is 1.10 bits per heavy atom. The first-order valence-electron chi connectivity index (χ1n) is 10.3. The Balaban J connectivity index is 1.14. The highest BCUT2D eigenvalue weighted by Gasteiger charge is 2.22. The Labute approximate surface area is 174 Å². The number of hydrogen-bond acceptors (Lipinski definition) is 7. The average Bonchev–Trinajstić information content (AvgIpc) is 3.51. The topological polar surface area (TPSA) is 68.1 Å². The van der Waals surface area contributed by atoms with E-state index in [4.69, 9.17) is 9.72 Å². The molecular weight excluding hydrogens is 384 g/mol. The minimum absolute atomic E-state index is 0.300. The van der Waals surface area contributed by atoms with Crippen molar-refractivity contribution in [2.24, 2.45) is 0 Å². The van der Waals surface area contributed by atoms with Gasteiger partial charge in [0.2, 0.25) is 0 Å². The molecule has 152 valence electrons. The fraction of sp³-hybridized carbons (Fsp3) is 0.476. The quantitative estimate of drug-likeness (QED) is 0.671. The van der Waals surface area contributed by atoms with Crippen molar-refractivity contribution in [3.63, 3.8) is 0 Å². The largest absolute Gasteiger partial charge is 0.379 e. The summed E-state index contributed by atoms with van der Waals surface area (Å²) >= 11 is 1.65. The van der Waals surface area contributed by atoms with Crippen molar-refractivity contribution in [3.05, 3.63) is 47.5 Å². The summed E-state index contributed by atoms with van der Waals surface area (Å²) in [4.78, 5) is 7.28. The van der Waals surface area contributed by atoms with Crippen LogP contribution in [0.1, 0.15) is 30.9 Å². The molecule has 2 saturated heterocycles. The fourth-order valence-electron chi connectivity index (χ4n) is 4.01. The highest BCUT2D eigenvalue weighted by Crippen LogP contribution is 2.27. The zero-order chi connectivity index (χ0) is 19.5. The summed E-state index contributed by atoms with van der Waals surface area (Å²) < 4.78 is 7.35. The number of anilines is 1. The SMILES string of the molecule is c1ccc(CN2CCC(Nc3nc(-c4cn([C@@H]5CCOC5)nn4)cs3)CC2)cc1. The first-order chi connectivity index (χ1) is 14.3. The van der Waals surface area contributed by atoms with E-state index in [0.717, 1.165) is 68.6 Å². The van der Waals surface area contributed by atoms with Crippen LogP contribution in [-0.2, 0) is 11.3 Å². The van der Waals surface area contributed by atoms with Crippen LogP contribution in [0.4, 0.5) is 5.13 Å². The summed E-state index contributed by atoms with van der Waals surface area (Å²) in [6.07, 6.45) is 5.26. The molecular formula is C21H26N6OS. The maximum Gasteiger partial charge on any atom is 0.183 e. The molecule has 0 aliphatic carbocycles. The summed E-state index contributed by atoms with van der Waals surface area (Å²) in [5, 5.41) is 15.2. The molecule has 1 aromatic carbocycles. The van der Waals surface area contributed by atoms with E-state index >= 15 is 0 Å². The lowest BCUT2D eigenvalue weighted by Gasteiger charge is -2.32. The third-order valence-electron chi connectivity index (χ3n) is 5.72. The number of nitrogens with zero attached hydrogens (tertiary/aromatic N) is 5. The van der Waals surface area contributed by atoms with Gasteiger partial charge in [0, 0.05) is 37.7 Å². The average molecular weight is 411 g/mol. The minimum atomic E-state index is 0.300. The summed E-state index contributed by atoms with van der Waals surface area (Å²) in [7, 11) is 0. The maximum atomic E-state index is 5.44. The van der Waals surface area contributed by atoms with Crippen LogP contribution in [0.2, 0.25) is 0 Å². The Bertz CT molecular complexity index is 912. The maximum absolute atomic E-state index is 5.44. The van der Waals surface area contributed by atoms with Gasteiger partial charge in [-0.05, 0) is 24.8 Å². The van der Waals surface area contributed by atoms with E-state index in [9.17, 15) is 0 Å². The van der Waals surface area contributed by atoms with Crippen molar-refractivity contribution in [2.75, 3.05) is 31.6 Å². The van der Waals surface area contributed by atoms with Gasteiger partial charge >= 0.3 is 0 Å². The first kappa shape index (κ1) is 18.7. The predicted octanol–water partition coefficient (Wildman–Crippen LogP) is 3.44. The van der Waals surface area contributed by atoms with E-state index in [1.807, 2.05) is 10.9 Å². The molecule has 2 fully saturated rings. The van der Waals surface area contributed by atoms with Crippen molar-refractivity contribution in [2.45, 2.75) is 37.9 Å². The molecule has 0 spiro atoms. The number of thiazole rings is 1. The third kappa shape index (κ3) is 4.49. The molecule has 0 amide bonds. The highest BCUT2D eigenvalue weighted by atomic mass is 32.1. The zero-order valence-corrected chi connectivity index (χ0v) is 17.2. The zero-order valence-electron chi connectivity index (χ0n) is 16.4. The van der Waals surface area contributed by atoms with E-state index < -0.39 is 0 Å². The molecule has 0 unspecified atom stereocenters. The summed E-state index contributed by atoms with van der Waals surface area (Å²) in [5.41, 5.74) is 3.11. The molecule has 0 bridgehead atoms. The highest BCUT2D eigenvalue weighted by molar-refractivity contribution is 7.14. The lowest BCUT2D eigenvalue weighted by Crippen LogP contribution is -2.38. The van der Waals surface area contributed by atoms with E-state index in [1.54, 1.807) is 11.3 Å². The fourth-order valence-corrected chi connectivity index (χ4v) is 4.80. The van der Waals surface area contributed by atoms with E-state index in [0.29, 0.717) is 12.1 Å². The van der Waals surface area contributed by atoms with Crippen molar-refractivity contribution >= 4 is 16.5 Å². The van der Waals surface area contributed by atoms with Gasteiger partial charge in [-0.25, -0.2) is 9.67 Å². The van der Waals surface area contributed by atoms with Gasteiger partial charge in [-0.2, -0.15) is 0 Å². The Hall–Kier alpha value is -2.29. The van der Waals surface area contributed by atoms with Crippen LogP contribution >= 0.6 is 11.3 Å². The third-order valence-corrected chi connectivity index (χ3v) is 6.49. The lowest BCUT2D eigenvalue weighted by atomic mass is 10.0. The standard InChI is InChI=1S/C21H26N6OS/c1-2-4-16(5-3-1)12-26-9-6-17(7-10-26)22-21-23-20(15-29-21)19-13-27(25-24-19)18-8-11-28-14-18/h1-5,13,15,17-18H,6-12,14H2,(H,22,23)/t18-/m1/s1. The van der Waals surface area contributed by atoms with Crippen LogP contribution in [0.25, 0.3) is 11.4 Å². The lowest BCUT2D eigenvalue weighted by molar-refractivity contribution is 0.184. The molecule has 0 radical (unpaired) electrons. The molecule has 1 N–H and O–H groups in total. The van der Waals surface area contributed by atoms with E-state index in [-0.39, 0.29) is 0 Å². The van der Waals surface area contributed by atoms with Crippen molar-refractivity contribution in [1.82, 2.24) is 24.9 Å². The molecule has 5 rings (SSSR count).